The van der Waals surface area contributed by atoms with E-state index >= 15 is 0 Å². The number of fused-ring (bicyclic) bond motifs is 5. The monoisotopic (exact) mass is 889 g/mol. The van der Waals surface area contributed by atoms with Crippen molar-refractivity contribution in [3.8, 4) is 40.1 Å². The van der Waals surface area contributed by atoms with Gasteiger partial charge in [0.1, 0.15) is 48.8 Å². The quantitative estimate of drug-likeness (QED) is 0.0894. The van der Waals surface area contributed by atoms with Crippen molar-refractivity contribution in [2.45, 2.75) is 90.5 Å². The van der Waals surface area contributed by atoms with Crippen molar-refractivity contribution in [3.05, 3.63) is 93.8 Å². The van der Waals surface area contributed by atoms with Crippen LogP contribution in [0.4, 0.5) is 0 Å². The molecule has 4 bridgehead atoms. The summed E-state index contributed by atoms with van der Waals surface area (Å²) in [6.45, 7) is 10.9. The van der Waals surface area contributed by atoms with E-state index in [1.807, 2.05) is 30.3 Å². The fourth-order valence-corrected chi connectivity index (χ4v) is 7.67. The summed E-state index contributed by atoms with van der Waals surface area (Å²) in [7, 11) is 1.37. The molecule has 65 heavy (non-hydrogen) atoms. The number of aryl methyl sites for hydroxylation is 2. The average Bonchev–Trinajstić information content (AvgIpc) is 3.26. The summed E-state index contributed by atoms with van der Waals surface area (Å²) < 4.78 is 5.99. The number of phenols is 1. The number of likely N-dealkylation sites (N-methyl/N-ethyl adjacent to an activating group) is 1. The average molecular weight is 890 g/mol. The van der Waals surface area contributed by atoms with Crippen LogP contribution in [0.5, 0.6) is 11.5 Å². The van der Waals surface area contributed by atoms with Crippen LogP contribution in [-0.4, -0.2) is 101 Å². The van der Waals surface area contributed by atoms with Gasteiger partial charge in [-0.1, -0.05) is 51.1 Å². The third-order valence-corrected chi connectivity index (χ3v) is 11.2. The second kappa shape index (κ2) is 21.2. The Morgan fingerprint density at radius 2 is 1.65 bits per heavy atom. The molecule has 18 heteroatoms. The molecule has 0 aliphatic carbocycles. The first-order valence-electron chi connectivity index (χ1n) is 21.3. The van der Waals surface area contributed by atoms with Crippen LogP contribution in [0.25, 0.3) is 22.5 Å². The van der Waals surface area contributed by atoms with Crippen LogP contribution in [0, 0.1) is 25.2 Å². The van der Waals surface area contributed by atoms with E-state index < -0.39 is 53.7 Å². The number of ether oxygens (including phenoxy) is 1. The molecule has 5 amide bonds. The van der Waals surface area contributed by atoms with Crippen LogP contribution < -0.4 is 43.2 Å². The third-order valence-electron chi connectivity index (χ3n) is 11.2. The number of carbonyl (C=O) groups excluding carboxylic acids is 5. The van der Waals surface area contributed by atoms with E-state index in [0.29, 0.717) is 34.1 Å². The molecule has 0 fully saturated rings. The van der Waals surface area contributed by atoms with E-state index in [2.05, 4.69) is 52.0 Å². The summed E-state index contributed by atoms with van der Waals surface area (Å²) in [5.41, 5.74) is 22.2. The lowest BCUT2D eigenvalue weighted by Crippen LogP contribution is -2.56. The third kappa shape index (κ3) is 11.4. The zero-order valence-corrected chi connectivity index (χ0v) is 37.9. The Hall–Kier alpha value is -6.94. The number of aromatic hydroxyl groups is 1. The molecule has 3 aromatic carbocycles. The summed E-state index contributed by atoms with van der Waals surface area (Å²) in [6.07, 6.45) is -0.0785. The van der Waals surface area contributed by atoms with E-state index in [1.54, 1.807) is 32.0 Å². The Bertz CT molecular complexity index is 2460. The highest BCUT2D eigenvalue weighted by Crippen LogP contribution is 2.41. The van der Waals surface area contributed by atoms with Gasteiger partial charge in [0.15, 0.2) is 5.82 Å². The van der Waals surface area contributed by atoms with Crippen molar-refractivity contribution in [1.29, 1.82) is 5.26 Å². The molecule has 0 spiro atoms. The van der Waals surface area contributed by atoms with Crippen LogP contribution >= 0.6 is 0 Å². The molecule has 1 aliphatic heterocycles. The van der Waals surface area contributed by atoms with Gasteiger partial charge in [0, 0.05) is 48.8 Å². The highest BCUT2D eigenvalue weighted by Gasteiger charge is 2.37. The van der Waals surface area contributed by atoms with Crippen molar-refractivity contribution in [2.75, 3.05) is 33.3 Å². The maximum Gasteiger partial charge on any atom is 0.255 e. The number of aromatic nitrogens is 2. The molecule has 4 atom stereocenters. The van der Waals surface area contributed by atoms with Crippen LogP contribution in [0.3, 0.4) is 0 Å². The number of hydrogen-bond acceptors (Lipinski definition) is 13. The molecule has 1 aliphatic rings. The predicted octanol–water partition coefficient (Wildman–Crippen LogP) is 2.06. The summed E-state index contributed by atoms with van der Waals surface area (Å²) in [6, 6.07) is 12.5. The van der Waals surface area contributed by atoms with Crippen molar-refractivity contribution >= 4 is 29.5 Å². The molecular formula is C47H59N11O7. The molecule has 0 radical (unpaired) electrons. The van der Waals surface area contributed by atoms with Gasteiger partial charge >= 0.3 is 0 Å². The maximum atomic E-state index is 14.7. The van der Waals surface area contributed by atoms with Gasteiger partial charge in [0.05, 0.1) is 23.0 Å². The van der Waals surface area contributed by atoms with Crippen LogP contribution in [-0.2, 0) is 37.6 Å². The van der Waals surface area contributed by atoms with Gasteiger partial charge in [-0.2, -0.15) is 5.26 Å². The number of nitrogens with two attached hydrogens (primary N) is 3. The zero-order chi connectivity index (χ0) is 47.7. The number of amides is 5. The number of carbonyl (C=O) groups is 5. The lowest BCUT2D eigenvalue weighted by atomic mass is 9.86. The zero-order valence-electron chi connectivity index (χ0n) is 37.9. The number of hydrogen-bond donors (Lipinski definition) is 8. The molecule has 344 valence electrons. The summed E-state index contributed by atoms with van der Waals surface area (Å²) in [4.78, 5) is 80.8. The smallest absolute Gasteiger partial charge is 0.255 e. The number of rotatable bonds is 13. The minimum atomic E-state index is -1.50. The normalized spacial score (nSPS) is 16.8. The van der Waals surface area contributed by atoms with E-state index in [1.165, 1.54) is 26.1 Å². The molecule has 5 rings (SSSR count). The van der Waals surface area contributed by atoms with Gasteiger partial charge in [-0.3, -0.25) is 24.0 Å². The molecule has 4 aromatic rings. The van der Waals surface area contributed by atoms with Crippen LogP contribution in [0.2, 0.25) is 0 Å². The molecule has 0 saturated heterocycles. The van der Waals surface area contributed by atoms with E-state index in [-0.39, 0.29) is 79.0 Å². The highest BCUT2D eigenvalue weighted by molar-refractivity contribution is 6.00. The first-order valence-corrected chi connectivity index (χ1v) is 21.3. The van der Waals surface area contributed by atoms with Crippen molar-refractivity contribution in [1.82, 2.24) is 36.1 Å². The molecule has 11 N–H and O–H groups in total. The molecule has 1 unspecified atom stereocenters. The first kappa shape index (κ1) is 49.1. The Balaban J connectivity index is 1.57. The van der Waals surface area contributed by atoms with Gasteiger partial charge in [0.25, 0.3) is 5.91 Å². The number of nitrogens with zero attached hydrogens (tertiary/aromatic N) is 4. The Kier molecular flexibility index (Phi) is 16.0. The maximum absolute atomic E-state index is 14.7. The van der Waals surface area contributed by atoms with Crippen molar-refractivity contribution in [2.24, 2.45) is 17.2 Å². The summed E-state index contributed by atoms with van der Waals surface area (Å²) in [5, 5.41) is 31.5. The predicted molar refractivity (Wildman–Crippen MR) is 244 cm³/mol. The van der Waals surface area contributed by atoms with Gasteiger partial charge in [0.2, 0.25) is 23.6 Å². The number of nitriles is 1. The van der Waals surface area contributed by atoms with Gasteiger partial charge in [-0.25, -0.2) is 9.97 Å². The summed E-state index contributed by atoms with van der Waals surface area (Å²) in [5.74, 6) is -3.04. The fourth-order valence-electron chi connectivity index (χ4n) is 7.67. The molecule has 2 heterocycles. The topological polar surface area (TPSA) is 294 Å². The Labute approximate surface area is 378 Å². The molecule has 18 nitrogen and oxygen atoms in total. The molecular weight excluding hydrogens is 831 g/mol. The second-order valence-corrected chi connectivity index (χ2v) is 17.0. The number of phenolic OH excluding ortho intramolecular Hbond substituents is 1. The Morgan fingerprint density at radius 1 is 0.969 bits per heavy atom. The van der Waals surface area contributed by atoms with Crippen LogP contribution in [0.15, 0.2) is 54.6 Å². The molecule has 0 saturated carbocycles. The Morgan fingerprint density at radius 3 is 2.25 bits per heavy atom. The minimum Gasteiger partial charge on any atom is -0.507 e. The standard InChI is InChI=1S/C47H59N11O7/c1-25-38(26(2)54-41(53-25)29-9-11-32(12-10-29)47(4,5)6)44(62)56-35(14-15-48)46(64)58(7)39-30-22-31(24-51)40(59)34(23-30)33-20-28(8-13-37(33)65-19-17-50)21-36(43(61)52-18-16-49)57-42(60)27(3)55-45(39)63/h8-13,20,22-23,27,35-36,39,59H,14-15,17-19,21,24,48,50-51H2,1-7H3,(H,52,61)(H,55,63)(H,56,62)(H,57,60)/t27-,35?,36-,39-/m0/s1. The van der Waals surface area contributed by atoms with Crippen molar-refractivity contribution in [3.63, 3.8) is 0 Å². The van der Waals surface area contributed by atoms with Crippen molar-refractivity contribution < 1.29 is 33.8 Å². The highest BCUT2D eigenvalue weighted by atomic mass is 16.5. The van der Waals surface area contributed by atoms with Gasteiger partial charge < -0.3 is 53.2 Å². The van der Waals surface area contributed by atoms with Gasteiger partial charge in [-0.05, 0) is 80.1 Å². The summed E-state index contributed by atoms with van der Waals surface area (Å²) >= 11 is 0. The van der Waals surface area contributed by atoms with E-state index in [0.717, 1.165) is 16.0 Å². The minimum absolute atomic E-state index is 0.0255. The van der Waals surface area contributed by atoms with Gasteiger partial charge in [-0.15, -0.1) is 0 Å². The van der Waals surface area contributed by atoms with E-state index in [4.69, 9.17) is 27.2 Å². The lowest BCUT2D eigenvalue weighted by Gasteiger charge is -2.33. The second-order valence-electron chi connectivity index (χ2n) is 17.0. The van der Waals surface area contributed by atoms with E-state index in [9.17, 15) is 29.1 Å². The fraction of sp³-hybridized carbons (Fsp3) is 0.404. The number of benzene rings is 3. The SMILES string of the molecule is Cc1nc(-c2ccc(C(C)(C)C)cc2)nc(C)c1C(=O)NC(CCN)C(=O)N(C)[C@@H]1C(=O)N[C@@H](C)C(=O)N[C@H](C(=O)NCC#N)Cc2ccc(OCCN)c(c2)-c2cc1cc(CN)c2O. The molecule has 1 aromatic heterocycles. The largest absolute Gasteiger partial charge is 0.507 e. The lowest BCUT2D eigenvalue weighted by molar-refractivity contribution is -0.141. The van der Waals surface area contributed by atoms with Crippen LogP contribution in [0.1, 0.15) is 84.2 Å². The number of nitrogens with one attached hydrogen (secondary N) is 4. The first-order chi connectivity index (χ1) is 30.8.